The highest BCUT2D eigenvalue weighted by Gasteiger charge is 2.07. The minimum Gasteiger partial charge on any atom is -0.456 e. The maximum Gasteiger partial charge on any atom is 0.339 e. The number of para-hydroxylation sites is 2. The van der Waals surface area contributed by atoms with E-state index in [0.717, 1.165) is 0 Å². The SMILES string of the molecule is N#Cc1ccccc1OCOc1cc(=O)oc2ccccc12. The molecule has 0 aliphatic rings. The smallest absolute Gasteiger partial charge is 0.339 e. The number of fused-ring (bicyclic) bond motifs is 1. The molecule has 0 saturated carbocycles. The highest BCUT2D eigenvalue weighted by molar-refractivity contribution is 5.82. The van der Waals surface area contributed by atoms with Crippen molar-refractivity contribution in [2.45, 2.75) is 0 Å². The van der Waals surface area contributed by atoms with Gasteiger partial charge in [0.1, 0.15) is 23.2 Å². The molecule has 5 nitrogen and oxygen atoms in total. The summed E-state index contributed by atoms with van der Waals surface area (Å²) in [4.78, 5) is 11.5. The van der Waals surface area contributed by atoms with Gasteiger partial charge in [-0.2, -0.15) is 5.26 Å². The van der Waals surface area contributed by atoms with Crippen molar-refractivity contribution in [1.29, 1.82) is 5.26 Å². The summed E-state index contributed by atoms with van der Waals surface area (Å²) in [7, 11) is 0. The van der Waals surface area contributed by atoms with Crippen molar-refractivity contribution in [3.63, 3.8) is 0 Å². The summed E-state index contributed by atoms with van der Waals surface area (Å²) in [6, 6.07) is 17.2. The quantitative estimate of drug-likeness (QED) is 0.546. The monoisotopic (exact) mass is 293 g/mol. The Morgan fingerprint density at radius 3 is 2.59 bits per heavy atom. The van der Waals surface area contributed by atoms with Crippen molar-refractivity contribution < 1.29 is 13.9 Å². The van der Waals surface area contributed by atoms with E-state index in [9.17, 15) is 4.79 Å². The average molecular weight is 293 g/mol. The Bertz CT molecular complexity index is 908. The van der Waals surface area contributed by atoms with Crippen LogP contribution in [0.4, 0.5) is 0 Å². The molecule has 0 aliphatic heterocycles. The molecule has 0 aliphatic carbocycles. The normalized spacial score (nSPS) is 10.1. The molecule has 1 aromatic heterocycles. The molecule has 1 heterocycles. The Morgan fingerprint density at radius 1 is 1.00 bits per heavy atom. The van der Waals surface area contributed by atoms with E-state index in [1.165, 1.54) is 6.07 Å². The number of nitrogens with zero attached hydrogens (tertiary/aromatic N) is 1. The van der Waals surface area contributed by atoms with Gasteiger partial charge in [-0.1, -0.05) is 24.3 Å². The van der Waals surface area contributed by atoms with Gasteiger partial charge in [0.15, 0.2) is 0 Å². The Morgan fingerprint density at radius 2 is 1.73 bits per heavy atom. The predicted octanol–water partition coefficient (Wildman–Crippen LogP) is 3.08. The molecule has 3 rings (SSSR count). The fourth-order valence-corrected chi connectivity index (χ4v) is 2.04. The van der Waals surface area contributed by atoms with Crippen LogP contribution in [0.25, 0.3) is 11.0 Å². The lowest BCUT2D eigenvalue weighted by Gasteiger charge is -2.10. The molecule has 22 heavy (non-hydrogen) atoms. The summed E-state index contributed by atoms with van der Waals surface area (Å²) in [5, 5.41) is 9.67. The van der Waals surface area contributed by atoms with Gasteiger partial charge >= 0.3 is 5.63 Å². The van der Waals surface area contributed by atoms with Crippen LogP contribution in [0.5, 0.6) is 11.5 Å². The fraction of sp³-hybridized carbons (Fsp3) is 0.0588. The summed E-state index contributed by atoms with van der Waals surface area (Å²) >= 11 is 0. The summed E-state index contributed by atoms with van der Waals surface area (Å²) in [5.74, 6) is 0.804. The van der Waals surface area contributed by atoms with Gasteiger partial charge in [0, 0.05) is 0 Å². The molecule has 0 unspecified atom stereocenters. The predicted molar refractivity (Wildman–Crippen MR) is 79.8 cm³/mol. The highest BCUT2D eigenvalue weighted by atomic mass is 16.7. The maximum atomic E-state index is 11.5. The van der Waals surface area contributed by atoms with E-state index in [1.807, 2.05) is 12.1 Å². The second-order valence-electron chi connectivity index (χ2n) is 4.44. The number of ether oxygens (including phenoxy) is 2. The molecule has 0 bridgehead atoms. The van der Waals surface area contributed by atoms with Crippen LogP contribution in [0, 0.1) is 11.3 Å². The van der Waals surface area contributed by atoms with E-state index in [4.69, 9.17) is 19.2 Å². The number of rotatable bonds is 4. The van der Waals surface area contributed by atoms with E-state index in [1.54, 1.807) is 42.5 Å². The molecule has 0 N–H and O–H groups in total. The minimum atomic E-state index is -0.494. The van der Waals surface area contributed by atoms with E-state index in [-0.39, 0.29) is 6.79 Å². The minimum absolute atomic E-state index is 0.119. The molecule has 0 saturated heterocycles. The summed E-state index contributed by atoms with van der Waals surface area (Å²) in [6.07, 6.45) is 0. The molecule has 0 amide bonds. The first-order valence-corrected chi connectivity index (χ1v) is 6.55. The summed E-state index contributed by atoms with van der Waals surface area (Å²) in [5.41, 5.74) is 0.372. The first-order chi connectivity index (χ1) is 10.8. The fourth-order valence-electron chi connectivity index (χ4n) is 2.04. The molecule has 0 fully saturated rings. The molecule has 108 valence electrons. The van der Waals surface area contributed by atoms with Gasteiger partial charge in [-0.15, -0.1) is 0 Å². The third kappa shape index (κ3) is 2.76. The number of benzene rings is 2. The van der Waals surface area contributed by atoms with Gasteiger partial charge in [-0.05, 0) is 24.3 Å². The Hall–Kier alpha value is -3.26. The average Bonchev–Trinajstić information content (AvgIpc) is 2.55. The summed E-state index contributed by atoms with van der Waals surface area (Å²) in [6.45, 7) is -0.119. The first kappa shape index (κ1) is 13.7. The lowest BCUT2D eigenvalue weighted by atomic mass is 10.2. The van der Waals surface area contributed by atoms with Gasteiger partial charge in [0.2, 0.25) is 6.79 Å². The third-order valence-corrected chi connectivity index (χ3v) is 3.05. The molecule has 0 atom stereocenters. The largest absolute Gasteiger partial charge is 0.456 e. The second-order valence-corrected chi connectivity index (χ2v) is 4.44. The zero-order valence-electron chi connectivity index (χ0n) is 11.5. The lowest BCUT2D eigenvalue weighted by molar-refractivity contribution is 0.120. The van der Waals surface area contributed by atoms with Gasteiger partial charge in [-0.3, -0.25) is 0 Å². The zero-order chi connectivity index (χ0) is 15.4. The van der Waals surface area contributed by atoms with Crippen LogP contribution in [0.1, 0.15) is 5.56 Å². The van der Waals surface area contributed by atoms with Gasteiger partial charge in [-0.25, -0.2) is 4.79 Å². The number of hydrogen-bond acceptors (Lipinski definition) is 5. The van der Waals surface area contributed by atoms with Gasteiger partial charge in [0.25, 0.3) is 0 Å². The molecule has 0 spiro atoms. The van der Waals surface area contributed by atoms with Crippen molar-refractivity contribution in [3.8, 4) is 17.6 Å². The Balaban J connectivity index is 1.80. The van der Waals surface area contributed by atoms with E-state index in [0.29, 0.717) is 28.0 Å². The third-order valence-electron chi connectivity index (χ3n) is 3.05. The van der Waals surface area contributed by atoms with Crippen molar-refractivity contribution in [2.75, 3.05) is 6.79 Å². The first-order valence-electron chi connectivity index (χ1n) is 6.55. The zero-order valence-corrected chi connectivity index (χ0v) is 11.5. The topological polar surface area (TPSA) is 72.5 Å². The van der Waals surface area contributed by atoms with Crippen LogP contribution in [0.3, 0.4) is 0 Å². The summed E-state index contributed by atoms with van der Waals surface area (Å²) < 4.78 is 16.0. The standard InChI is InChI=1S/C17H11NO4/c18-10-12-5-1-3-7-14(12)20-11-21-16-9-17(19)22-15-8-4-2-6-13(15)16/h1-9H,11H2. The van der Waals surface area contributed by atoms with Gasteiger partial charge in [0.05, 0.1) is 17.0 Å². The van der Waals surface area contributed by atoms with Crippen molar-refractivity contribution in [2.24, 2.45) is 0 Å². The van der Waals surface area contributed by atoms with Crippen molar-refractivity contribution in [3.05, 3.63) is 70.6 Å². The molecule has 0 radical (unpaired) electrons. The lowest BCUT2D eigenvalue weighted by Crippen LogP contribution is -2.08. The maximum absolute atomic E-state index is 11.5. The second kappa shape index (κ2) is 6.02. The van der Waals surface area contributed by atoms with Crippen LogP contribution in [-0.2, 0) is 0 Å². The van der Waals surface area contributed by atoms with Crippen LogP contribution in [0.2, 0.25) is 0 Å². The van der Waals surface area contributed by atoms with Crippen molar-refractivity contribution >= 4 is 11.0 Å². The number of nitriles is 1. The van der Waals surface area contributed by atoms with E-state index >= 15 is 0 Å². The molecule has 2 aromatic carbocycles. The van der Waals surface area contributed by atoms with Crippen LogP contribution in [-0.4, -0.2) is 6.79 Å². The molecule has 3 aromatic rings. The van der Waals surface area contributed by atoms with E-state index in [2.05, 4.69) is 0 Å². The van der Waals surface area contributed by atoms with Crippen LogP contribution < -0.4 is 15.1 Å². The molecule has 5 heteroatoms. The molecular formula is C17H11NO4. The Labute approximate surface area is 125 Å². The Kier molecular flexibility index (Phi) is 3.75. The van der Waals surface area contributed by atoms with Gasteiger partial charge < -0.3 is 13.9 Å². The highest BCUT2D eigenvalue weighted by Crippen LogP contribution is 2.23. The number of hydrogen-bond donors (Lipinski definition) is 0. The van der Waals surface area contributed by atoms with E-state index < -0.39 is 5.63 Å². The van der Waals surface area contributed by atoms with Crippen LogP contribution >= 0.6 is 0 Å². The molecular weight excluding hydrogens is 282 g/mol. The van der Waals surface area contributed by atoms with Crippen molar-refractivity contribution in [1.82, 2.24) is 0 Å². The van der Waals surface area contributed by atoms with Crippen LogP contribution in [0.15, 0.2) is 63.8 Å².